The van der Waals surface area contributed by atoms with E-state index in [1.54, 1.807) is 4.90 Å². The summed E-state index contributed by atoms with van der Waals surface area (Å²) in [7, 11) is 0. The van der Waals surface area contributed by atoms with Crippen LogP contribution >= 0.6 is 0 Å². The van der Waals surface area contributed by atoms with Crippen molar-refractivity contribution in [2.75, 3.05) is 25.0 Å². The number of amides is 3. The Bertz CT molecular complexity index is 550. The molecule has 2 aliphatic rings. The average molecular weight is 287 g/mol. The first-order valence-corrected chi connectivity index (χ1v) is 7.55. The predicted molar refractivity (Wildman–Crippen MR) is 80.8 cm³/mol. The molecule has 0 atom stereocenters. The van der Waals surface area contributed by atoms with Crippen LogP contribution in [0.4, 0.5) is 10.5 Å². The lowest BCUT2D eigenvalue weighted by Crippen LogP contribution is -2.47. The monoisotopic (exact) mass is 287 g/mol. The van der Waals surface area contributed by atoms with E-state index in [2.05, 4.69) is 12.2 Å². The standard InChI is InChI=1S/C16H21N3O2/c1-12-6-8-18(9-7-12)16(21)19-10-13-4-2-3-5-14(13)17-15(20)11-19/h2-5,12H,6-11H2,1H3,(H,17,20). The maximum Gasteiger partial charge on any atom is 0.320 e. The smallest absolute Gasteiger partial charge is 0.320 e. The molecule has 0 spiro atoms. The minimum atomic E-state index is -0.126. The second-order valence-corrected chi connectivity index (χ2v) is 6.01. The summed E-state index contributed by atoms with van der Waals surface area (Å²) in [6.45, 7) is 4.41. The number of anilines is 1. The van der Waals surface area contributed by atoms with Gasteiger partial charge in [-0.25, -0.2) is 4.79 Å². The summed E-state index contributed by atoms with van der Waals surface area (Å²) in [6, 6.07) is 7.64. The van der Waals surface area contributed by atoms with Crippen LogP contribution in [0.2, 0.25) is 0 Å². The van der Waals surface area contributed by atoms with E-state index in [9.17, 15) is 9.59 Å². The molecule has 0 aliphatic carbocycles. The van der Waals surface area contributed by atoms with Crippen LogP contribution in [0.1, 0.15) is 25.3 Å². The zero-order valence-corrected chi connectivity index (χ0v) is 12.3. The second kappa shape index (κ2) is 5.76. The highest BCUT2D eigenvalue weighted by atomic mass is 16.2. The Morgan fingerprint density at radius 3 is 2.62 bits per heavy atom. The van der Waals surface area contributed by atoms with E-state index in [0.29, 0.717) is 12.5 Å². The van der Waals surface area contributed by atoms with Crippen molar-refractivity contribution in [1.29, 1.82) is 0 Å². The van der Waals surface area contributed by atoms with E-state index in [1.807, 2.05) is 29.2 Å². The molecule has 5 nitrogen and oxygen atoms in total. The fourth-order valence-corrected chi connectivity index (χ4v) is 2.94. The number of fused-ring (bicyclic) bond motifs is 1. The van der Waals surface area contributed by atoms with Gasteiger partial charge in [-0.2, -0.15) is 0 Å². The Kier molecular flexibility index (Phi) is 3.82. The molecule has 2 heterocycles. The van der Waals surface area contributed by atoms with Crippen LogP contribution in [-0.2, 0) is 11.3 Å². The van der Waals surface area contributed by atoms with Gasteiger partial charge in [0.05, 0.1) is 6.54 Å². The third-order valence-corrected chi connectivity index (χ3v) is 4.31. The zero-order chi connectivity index (χ0) is 14.8. The molecule has 112 valence electrons. The van der Waals surface area contributed by atoms with Crippen molar-refractivity contribution < 1.29 is 9.59 Å². The predicted octanol–water partition coefficient (Wildman–Crippen LogP) is 2.29. The van der Waals surface area contributed by atoms with Crippen LogP contribution in [0, 0.1) is 5.92 Å². The Morgan fingerprint density at radius 2 is 1.86 bits per heavy atom. The summed E-state index contributed by atoms with van der Waals surface area (Å²) < 4.78 is 0. The second-order valence-electron chi connectivity index (χ2n) is 6.01. The van der Waals surface area contributed by atoms with Gasteiger partial charge in [0.25, 0.3) is 0 Å². The molecular formula is C16H21N3O2. The molecular weight excluding hydrogens is 266 g/mol. The summed E-state index contributed by atoms with van der Waals surface area (Å²) in [5.41, 5.74) is 1.80. The topological polar surface area (TPSA) is 52.7 Å². The largest absolute Gasteiger partial charge is 0.325 e. The SMILES string of the molecule is CC1CCN(C(=O)N2CC(=O)Nc3ccccc3C2)CC1. The first-order valence-electron chi connectivity index (χ1n) is 7.55. The maximum absolute atomic E-state index is 12.6. The quantitative estimate of drug-likeness (QED) is 0.796. The van der Waals surface area contributed by atoms with Crippen LogP contribution in [0.5, 0.6) is 0 Å². The average Bonchev–Trinajstić information content (AvgIpc) is 2.65. The third kappa shape index (κ3) is 3.01. The van der Waals surface area contributed by atoms with E-state index < -0.39 is 0 Å². The summed E-state index contributed by atoms with van der Waals surface area (Å²) in [6.07, 6.45) is 2.09. The van der Waals surface area contributed by atoms with Gasteiger partial charge in [-0.1, -0.05) is 25.1 Å². The molecule has 2 aliphatic heterocycles. The van der Waals surface area contributed by atoms with E-state index in [0.717, 1.165) is 37.2 Å². The van der Waals surface area contributed by atoms with Gasteiger partial charge < -0.3 is 15.1 Å². The molecule has 3 rings (SSSR count). The molecule has 0 unspecified atom stereocenters. The van der Waals surface area contributed by atoms with Crippen LogP contribution in [-0.4, -0.2) is 41.4 Å². The summed E-state index contributed by atoms with van der Waals surface area (Å²) in [4.78, 5) is 28.1. The normalized spacial score (nSPS) is 19.8. The number of nitrogens with zero attached hydrogens (tertiary/aromatic N) is 2. The summed E-state index contributed by atoms with van der Waals surface area (Å²) >= 11 is 0. The van der Waals surface area contributed by atoms with Crippen molar-refractivity contribution in [1.82, 2.24) is 9.80 Å². The highest BCUT2D eigenvalue weighted by molar-refractivity contribution is 5.96. The molecule has 3 amide bonds. The van der Waals surface area contributed by atoms with Crippen molar-refractivity contribution in [3.63, 3.8) is 0 Å². The highest BCUT2D eigenvalue weighted by Gasteiger charge is 2.28. The van der Waals surface area contributed by atoms with Crippen LogP contribution in [0.25, 0.3) is 0 Å². The number of nitrogens with one attached hydrogen (secondary N) is 1. The molecule has 0 saturated carbocycles. The van der Waals surface area contributed by atoms with E-state index in [-0.39, 0.29) is 18.5 Å². The first-order chi connectivity index (χ1) is 10.1. The lowest BCUT2D eigenvalue weighted by Gasteiger charge is -2.34. The number of urea groups is 1. The molecule has 21 heavy (non-hydrogen) atoms. The molecule has 1 fully saturated rings. The Labute approximate surface area is 124 Å². The fraction of sp³-hybridized carbons (Fsp3) is 0.500. The summed E-state index contributed by atoms with van der Waals surface area (Å²) in [5, 5.41) is 2.87. The summed E-state index contributed by atoms with van der Waals surface area (Å²) in [5.74, 6) is 0.556. The number of para-hydroxylation sites is 1. The van der Waals surface area contributed by atoms with Gasteiger partial charge in [0.1, 0.15) is 6.54 Å². The van der Waals surface area contributed by atoms with Gasteiger partial charge in [-0.3, -0.25) is 4.79 Å². The van der Waals surface area contributed by atoms with Crippen LogP contribution < -0.4 is 5.32 Å². The fourth-order valence-electron chi connectivity index (χ4n) is 2.94. The van der Waals surface area contributed by atoms with Crippen molar-refractivity contribution in [3.8, 4) is 0 Å². The van der Waals surface area contributed by atoms with E-state index in [1.165, 1.54) is 0 Å². The maximum atomic E-state index is 12.6. The lowest BCUT2D eigenvalue weighted by molar-refractivity contribution is -0.116. The van der Waals surface area contributed by atoms with Gasteiger partial charge in [0, 0.05) is 18.8 Å². The molecule has 1 aromatic rings. The van der Waals surface area contributed by atoms with E-state index in [4.69, 9.17) is 0 Å². The molecule has 5 heteroatoms. The number of rotatable bonds is 0. The van der Waals surface area contributed by atoms with Crippen molar-refractivity contribution >= 4 is 17.6 Å². The number of hydrogen-bond donors (Lipinski definition) is 1. The molecule has 1 N–H and O–H groups in total. The van der Waals surface area contributed by atoms with Crippen molar-refractivity contribution in [3.05, 3.63) is 29.8 Å². The van der Waals surface area contributed by atoms with Crippen molar-refractivity contribution in [2.45, 2.75) is 26.3 Å². The number of benzene rings is 1. The first kappa shape index (κ1) is 13.9. The number of carbonyl (C=O) groups is 2. The van der Waals surface area contributed by atoms with Gasteiger partial charge in [-0.15, -0.1) is 0 Å². The van der Waals surface area contributed by atoms with Crippen molar-refractivity contribution in [2.24, 2.45) is 5.92 Å². The van der Waals surface area contributed by atoms with Gasteiger partial charge in [-0.05, 0) is 30.4 Å². The minimum Gasteiger partial charge on any atom is -0.325 e. The van der Waals surface area contributed by atoms with Gasteiger partial charge in [0.15, 0.2) is 0 Å². The molecule has 1 saturated heterocycles. The third-order valence-electron chi connectivity index (χ3n) is 4.31. The Balaban J connectivity index is 1.76. The molecule has 1 aromatic carbocycles. The Morgan fingerprint density at radius 1 is 1.14 bits per heavy atom. The van der Waals surface area contributed by atoms with Crippen LogP contribution in [0.3, 0.4) is 0 Å². The Hall–Kier alpha value is -2.04. The van der Waals surface area contributed by atoms with Gasteiger partial charge >= 0.3 is 6.03 Å². The number of likely N-dealkylation sites (tertiary alicyclic amines) is 1. The number of piperidine rings is 1. The van der Waals surface area contributed by atoms with E-state index >= 15 is 0 Å². The number of carbonyl (C=O) groups excluding carboxylic acids is 2. The molecule has 0 radical (unpaired) electrons. The molecule has 0 bridgehead atoms. The zero-order valence-electron chi connectivity index (χ0n) is 12.3. The highest BCUT2D eigenvalue weighted by Crippen LogP contribution is 2.22. The minimum absolute atomic E-state index is 0.0197. The molecule has 0 aromatic heterocycles. The van der Waals surface area contributed by atoms with Gasteiger partial charge in [0.2, 0.25) is 5.91 Å². The van der Waals surface area contributed by atoms with Crippen LogP contribution in [0.15, 0.2) is 24.3 Å². The lowest BCUT2D eigenvalue weighted by atomic mass is 9.99. The number of hydrogen-bond acceptors (Lipinski definition) is 2.